The van der Waals surface area contributed by atoms with Crippen LogP contribution in [0.5, 0.6) is 5.75 Å². The maximum atomic E-state index is 11.8. The zero-order valence-electron chi connectivity index (χ0n) is 13.0. The van der Waals surface area contributed by atoms with Gasteiger partial charge in [0.2, 0.25) is 0 Å². The third kappa shape index (κ3) is 3.79. The average Bonchev–Trinajstić information content (AvgIpc) is 3.11. The van der Waals surface area contributed by atoms with Gasteiger partial charge in [-0.2, -0.15) is 0 Å². The molecule has 2 aromatic rings. The molecule has 1 aliphatic carbocycles. The van der Waals surface area contributed by atoms with Gasteiger partial charge in [0.15, 0.2) is 11.7 Å². The fourth-order valence-corrected chi connectivity index (χ4v) is 3.17. The minimum Gasteiger partial charge on any atom is -0.494 e. The first-order chi connectivity index (χ1) is 11.1. The van der Waals surface area contributed by atoms with Crippen molar-refractivity contribution >= 4 is 38.6 Å². The van der Waals surface area contributed by atoms with Gasteiger partial charge in [0.1, 0.15) is 5.75 Å². The van der Waals surface area contributed by atoms with Crippen molar-refractivity contribution in [2.24, 2.45) is 11.8 Å². The number of carbonyl (C=O) groups is 2. The summed E-state index contributed by atoms with van der Waals surface area (Å²) in [6.07, 6.45) is 0.848. The quantitative estimate of drug-likeness (QED) is 0.822. The lowest BCUT2D eigenvalue weighted by molar-refractivity contribution is -0.148. The molecule has 0 saturated heterocycles. The molecular weight excluding hydrogens is 316 g/mol. The summed E-state index contributed by atoms with van der Waals surface area (Å²) in [7, 11) is 0. The van der Waals surface area contributed by atoms with Crippen molar-refractivity contribution in [3.63, 3.8) is 0 Å². The first-order valence-electron chi connectivity index (χ1n) is 7.56. The van der Waals surface area contributed by atoms with Gasteiger partial charge in [0.05, 0.1) is 22.7 Å². The van der Waals surface area contributed by atoms with Crippen LogP contribution in [0.25, 0.3) is 10.2 Å². The molecule has 0 unspecified atom stereocenters. The minimum atomic E-state index is -0.379. The van der Waals surface area contributed by atoms with Gasteiger partial charge >= 0.3 is 5.97 Å². The molecule has 1 aromatic heterocycles. The van der Waals surface area contributed by atoms with E-state index in [-0.39, 0.29) is 24.4 Å². The van der Waals surface area contributed by atoms with E-state index < -0.39 is 0 Å². The summed E-state index contributed by atoms with van der Waals surface area (Å²) < 4.78 is 11.4. The number of hydrogen-bond acceptors (Lipinski definition) is 6. The number of nitrogens with one attached hydrogen (secondary N) is 1. The molecule has 0 bridgehead atoms. The topological polar surface area (TPSA) is 77.5 Å². The zero-order valence-corrected chi connectivity index (χ0v) is 13.8. The number of hydrogen-bond donors (Lipinski definition) is 1. The summed E-state index contributed by atoms with van der Waals surface area (Å²) >= 11 is 1.36. The summed E-state index contributed by atoms with van der Waals surface area (Å²) in [4.78, 5) is 27.8. The Morgan fingerprint density at radius 2 is 2.22 bits per heavy atom. The molecule has 1 saturated carbocycles. The van der Waals surface area contributed by atoms with Gasteiger partial charge in [0, 0.05) is 0 Å². The molecule has 1 fully saturated rings. The van der Waals surface area contributed by atoms with E-state index in [1.165, 1.54) is 11.3 Å². The third-order valence-electron chi connectivity index (χ3n) is 3.68. The van der Waals surface area contributed by atoms with Crippen LogP contribution in [0.2, 0.25) is 0 Å². The van der Waals surface area contributed by atoms with Crippen LogP contribution in [0, 0.1) is 11.8 Å². The summed E-state index contributed by atoms with van der Waals surface area (Å²) in [5, 5.41) is 3.14. The van der Waals surface area contributed by atoms with Crippen molar-refractivity contribution in [3.05, 3.63) is 18.2 Å². The van der Waals surface area contributed by atoms with Crippen LogP contribution in [0.1, 0.15) is 20.3 Å². The Labute approximate surface area is 137 Å². The standard InChI is InChI=1S/C16H18N2O4S/c1-3-21-10-4-5-12-13(7-10)23-16(17-12)18-14(19)8-22-15(20)11-6-9(11)2/h4-5,7,9,11H,3,6,8H2,1-2H3,(H,17,18,19)/t9-,11-/m0/s1. The lowest BCUT2D eigenvalue weighted by Gasteiger charge is -2.03. The van der Waals surface area contributed by atoms with Crippen molar-refractivity contribution in [2.45, 2.75) is 20.3 Å². The smallest absolute Gasteiger partial charge is 0.309 e. The Kier molecular flexibility index (Phi) is 4.47. The Morgan fingerprint density at radius 3 is 2.91 bits per heavy atom. The second kappa shape index (κ2) is 6.54. The monoisotopic (exact) mass is 334 g/mol. The Morgan fingerprint density at radius 1 is 1.43 bits per heavy atom. The van der Waals surface area contributed by atoms with Crippen molar-refractivity contribution in [2.75, 3.05) is 18.5 Å². The van der Waals surface area contributed by atoms with E-state index in [0.29, 0.717) is 17.7 Å². The molecular formula is C16H18N2O4S. The third-order valence-corrected chi connectivity index (χ3v) is 4.61. The summed E-state index contributed by atoms with van der Waals surface area (Å²) in [5.41, 5.74) is 0.789. The van der Waals surface area contributed by atoms with Gasteiger partial charge in [-0.05, 0) is 37.5 Å². The molecule has 0 radical (unpaired) electrons. The van der Waals surface area contributed by atoms with Crippen LogP contribution < -0.4 is 10.1 Å². The van der Waals surface area contributed by atoms with Crippen LogP contribution in [-0.2, 0) is 14.3 Å². The number of nitrogens with zero attached hydrogens (tertiary/aromatic N) is 1. The van der Waals surface area contributed by atoms with E-state index in [2.05, 4.69) is 10.3 Å². The maximum Gasteiger partial charge on any atom is 0.309 e. The number of ether oxygens (including phenoxy) is 2. The van der Waals surface area contributed by atoms with Gasteiger partial charge in [-0.1, -0.05) is 18.3 Å². The molecule has 122 valence electrons. The second-order valence-electron chi connectivity index (χ2n) is 5.56. The summed E-state index contributed by atoms with van der Waals surface area (Å²) in [6.45, 7) is 4.23. The highest BCUT2D eigenvalue weighted by molar-refractivity contribution is 7.22. The van der Waals surface area contributed by atoms with Crippen LogP contribution in [0.4, 0.5) is 5.13 Å². The van der Waals surface area contributed by atoms with E-state index in [4.69, 9.17) is 9.47 Å². The van der Waals surface area contributed by atoms with E-state index >= 15 is 0 Å². The average molecular weight is 334 g/mol. The number of thiazole rings is 1. The highest BCUT2D eigenvalue weighted by atomic mass is 32.1. The number of fused-ring (bicyclic) bond motifs is 1. The summed E-state index contributed by atoms with van der Waals surface area (Å²) in [6, 6.07) is 5.58. The fourth-order valence-electron chi connectivity index (χ4n) is 2.26. The number of rotatable bonds is 6. The Bertz CT molecular complexity index is 743. The minimum absolute atomic E-state index is 0.0396. The Balaban J connectivity index is 1.57. The van der Waals surface area contributed by atoms with E-state index in [1.54, 1.807) is 0 Å². The molecule has 3 rings (SSSR count). The number of aromatic nitrogens is 1. The number of amides is 1. The van der Waals surface area contributed by atoms with Crippen LogP contribution in [0.3, 0.4) is 0 Å². The van der Waals surface area contributed by atoms with E-state index in [9.17, 15) is 9.59 Å². The first-order valence-corrected chi connectivity index (χ1v) is 8.38. The fraction of sp³-hybridized carbons (Fsp3) is 0.438. The number of carbonyl (C=O) groups excluding carboxylic acids is 2. The molecule has 1 N–H and O–H groups in total. The van der Waals surface area contributed by atoms with Crippen LogP contribution in [0.15, 0.2) is 18.2 Å². The number of anilines is 1. The van der Waals surface area contributed by atoms with E-state index in [1.807, 2.05) is 32.0 Å². The van der Waals surface area contributed by atoms with Gasteiger partial charge in [0.25, 0.3) is 5.91 Å². The largest absolute Gasteiger partial charge is 0.494 e. The van der Waals surface area contributed by atoms with Gasteiger partial charge in [-0.15, -0.1) is 0 Å². The van der Waals surface area contributed by atoms with Gasteiger partial charge < -0.3 is 9.47 Å². The second-order valence-corrected chi connectivity index (χ2v) is 6.59. The molecule has 1 heterocycles. The van der Waals surface area contributed by atoms with Crippen molar-refractivity contribution in [3.8, 4) is 5.75 Å². The van der Waals surface area contributed by atoms with Gasteiger partial charge in [-0.3, -0.25) is 14.9 Å². The van der Waals surface area contributed by atoms with Crippen LogP contribution in [-0.4, -0.2) is 30.1 Å². The SMILES string of the molecule is CCOc1ccc2nc(NC(=O)COC(=O)[C@H]3C[C@@H]3C)sc2c1. The molecule has 7 heteroatoms. The highest BCUT2D eigenvalue weighted by Gasteiger charge is 2.40. The molecule has 1 aliphatic rings. The molecule has 6 nitrogen and oxygen atoms in total. The lowest BCUT2D eigenvalue weighted by atomic mass is 10.3. The predicted molar refractivity (Wildman–Crippen MR) is 87.6 cm³/mol. The van der Waals surface area contributed by atoms with E-state index in [0.717, 1.165) is 22.4 Å². The van der Waals surface area contributed by atoms with Crippen molar-refractivity contribution < 1.29 is 19.1 Å². The molecule has 23 heavy (non-hydrogen) atoms. The maximum absolute atomic E-state index is 11.8. The molecule has 2 atom stereocenters. The molecule has 1 aromatic carbocycles. The molecule has 1 amide bonds. The van der Waals surface area contributed by atoms with Crippen molar-refractivity contribution in [1.29, 1.82) is 0 Å². The van der Waals surface area contributed by atoms with Crippen LogP contribution >= 0.6 is 11.3 Å². The number of esters is 1. The summed E-state index contributed by atoms with van der Waals surface area (Å²) in [5.74, 6) is 0.430. The first kappa shape index (κ1) is 15.7. The lowest BCUT2D eigenvalue weighted by Crippen LogP contribution is -2.21. The molecule has 0 aliphatic heterocycles. The normalized spacial score (nSPS) is 19.4. The zero-order chi connectivity index (χ0) is 16.4. The molecule has 0 spiro atoms. The number of benzene rings is 1. The van der Waals surface area contributed by atoms with Gasteiger partial charge in [-0.25, -0.2) is 4.98 Å². The highest BCUT2D eigenvalue weighted by Crippen LogP contribution is 2.38. The predicted octanol–water partition coefficient (Wildman–Crippen LogP) is 2.83. The Hall–Kier alpha value is -2.15. The van der Waals surface area contributed by atoms with Crippen molar-refractivity contribution in [1.82, 2.24) is 4.98 Å².